The molecule has 2 N–H and O–H groups in total. The molecule has 94 valence electrons. The minimum atomic E-state index is 0.0693. The topological polar surface area (TPSA) is 60.9 Å². The van der Waals surface area contributed by atoms with Gasteiger partial charge < -0.3 is 5.73 Å². The molecular formula is C14H17N3O. The van der Waals surface area contributed by atoms with Gasteiger partial charge in [0.15, 0.2) is 0 Å². The highest BCUT2D eigenvalue weighted by Gasteiger charge is 2.09. The number of carbonyl (C=O) groups is 1. The Labute approximate surface area is 106 Å². The van der Waals surface area contributed by atoms with Gasteiger partial charge in [-0.2, -0.15) is 0 Å². The van der Waals surface area contributed by atoms with Crippen LogP contribution in [0.5, 0.6) is 0 Å². The first-order chi connectivity index (χ1) is 8.81. The van der Waals surface area contributed by atoms with Crippen molar-refractivity contribution < 1.29 is 4.79 Å². The van der Waals surface area contributed by atoms with Crippen molar-refractivity contribution in [3.05, 3.63) is 54.1 Å². The first-order valence-electron chi connectivity index (χ1n) is 6.09. The fourth-order valence-electron chi connectivity index (χ4n) is 1.90. The highest BCUT2D eigenvalue weighted by Crippen LogP contribution is 2.06. The number of aryl methyl sites for hydroxylation is 1. The highest BCUT2D eigenvalue weighted by atomic mass is 16.2. The van der Waals surface area contributed by atoms with E-state index in [1.165, 1.54) is 5.56 Å². The summed E-state index contributed by atoms with van der Waals surface area (Å²) in [6.45, 7) is 0.525. The molecule has 4 nitrogen and oxygen atoms in total. The van der Waals surface area contributed by atoms with Crippen LogP contribution in [0.1, 0.15) is 22.5 Å². The van der Waals surface area contributed by atoms with Gasteiger partial charge in [0.25, 0.3) is 0 Å². The number of imidazole rings is 1. The van der Waals surface area contributed by atoms with Gasteiger partial charge in [-0.1, -0.05) is 30.3 Å². The molecule has 0 amide bonds. The molecule has 1 aromatic heterocycles. The number of aromatic nitrogens is 2. The third kappa shape index (κ3) is 3.05. The minimum Gasteiger partial charge on any atom is -0.330 e. The summed E-state index contributed by atoms with van der Waals surface area (Å²) in [4.78, 5) is 16.1. The summed E-state index contributed by atoms with van der Waals surface area (Å²) in [5.74, 6) is 0.0693. The first kappa shape index (κ1) is 12.5. The molecule has 0 aliphatic heterocycles. The summed E-state index contributed by atoms with van der Waals surface area (Å²) < 4.78 is 1.61. The summed E-state index contributed by atoms with van der Waals surface area (Å²) in [5.41, 5.74) is 7.56. The van der Waals surface area contributed by atoms with Crippen LogP contribution in [-0.2, 0) is 12.8 Å². The lowest BCUT2D eigenvalue weighted by Gasteiger charge is -2.06. The molecule has 0 saturated heterocycles. The van der Waals surface area contributed by atoms with Gasteiger partial charge in [0, 0.05) is 24.7 Å². The molecule has 1 aromatic carbocycles. The van der Waals surface area contributed by atoms with Gasteiger partial charge in [0.05, 0.1) is 0 Å². The number of nitrogens with zero attached hydrogens (tertiary/aromatic N) is 2. The molecule has 0 fully saturated rings. The normalized spacial score (nSPS) is 10.5. The molecule has 0 bridgehead atoms. The van der Waals surface area contributed by atoms with Gasteiger partial charge in [-0.3, -0.25) is 9.36 Å². The second-order valence-corrected chi connectivity index (χ2v) is 4.17. The van der Waals surface area contributed by atoms with Crippen molar-refractivity contribution in [3.8, 4) is 0 Å². The predicted molar refractivity (Wildman–Crippen MR) is 70.4 cm³/mol. The van der Waals surface area contributed by atoms with E-state index in [1.807, 2.05) is 30.3 Å². The average molecular weight is 243 g/mol. The average Bonchev–Trinajstić information content (AvgIpc) is 2.86. The summed E-state index contributed by atoms with van der Waals surface area (Å²) in [6, 6.07) is 10.00. The maximum Gasteiger partial charge on any atom is 0.232 e. The van der Waals surface area contributed by atoms with E-state index in [1.54, 1.807) is 17.1 Å². The van der Waals surface area contributed by atoms with Crippen LogP contribution < -0.4 is 5.73 Å². The molecule has 0 spiro atoms. The Morgan fingerprint density at radius 2 is 2.00 bits per heavy atom. The molecule has 0 saturated carbocycles. The van der Waals surface area contributed by atoms with Crippen LogP contribution in [0, 0.1) is 0 Å². The number of hydrogen-bond donors (Lipinski definition) is 1. The Morgan fingerprint density at radius 1 is 1.22 bits per heavy atom. The molecule has 4 heteroatoms. The van der Waals surface area contributed by atoms with Gasteiger partial charge in [0.1, 0.15) is 6.33 Å². The van der Waals surface area contributed by atoms with E-state index < -0.39 is 0 Å². The Balaban J connectivity index is 1.97. The number of rotatable bonds is 5. The standard InChI is InChI=1S/C14H17N3O/c15-9-8-13-10-16-11-17(13)14(18)7-6-12-4-2-1-3-5-12/h1-5,10-11H,6-9,15H2. The van der Waals surface area contributed by atoms with E-state index in [0.29, 0.717) is 19.4 Å². The van der Waals surface area contributed by atoms with Crippen molar-refractivity contribution in [1.29, 1.82) is 0 Å². The second kappa shape index (κ2) is 6.12. The van der Waals surface area contributed by atoms with E-state index >= 15 is 0 Å². The Hall–Kier alpha value is -1.94. The van der Waals surface area contributed by atoms with Crippen molar-refractivity contribution in [2.24, 2.45) is 5.73 Å². The predicted octanol–water partition coefficient (Wildman–Crippen LogP) is 1.66. The summed E-state index contributed by atoms with van der Waals surface area (Å²) >= 11 is 0. The molecule has 2 rings (SSSR count). The molecule has 0 radical (unpaired) electrons. The third-order valence-electron chi connectivity index (χ3n) is 2.85. The van der Waals surface area contributed by atoms with Crippen LogP contribution in [0.4, 0.5) is 0 Å². The lowest BCUT2D eigenvalue weighted by Crippen LogP contribution is -2.16. The fourth-order valence-corrected chi connectivity index (χ4v) is 1.90. The molecule has 0 aliphatic carbocycles. The first-order valence-corrected chi connectivity index (χ1v) is 6.09. The number of carbonyl (C=O) groups excluding carboxylic acids is 1. The van der Waals surface area contributed by atoms with E-state index in [4.69, 9.17) is 5.73 Å². The van der Waals surface area contributed by atoms with Crippen LogP contribution in [0.25, 0.3) is 0 Å². The van der Waals surface area contributed by atoms with Gasteiger partial charge in [-0.15, -0.1) is 0 Å². The van der Waals surface area contributed by atoms with Crippen molar-refractivity contribution in [2.75, 3.05) is 6.54 Å². The lowest BCUT2D eigenvalue weighted by molar-refractivity contribution is 0.0900. The SMILES string of the molecule is NCCc1cncn1C(=O)CCc1ccccc1. The van der Waals surface area contributed by atoms with Gasteiger partial charge in [-0.25, -0.2) is 4.98 Å². The largest absolute Gasteiger partial charge is 0.330 e. The van der Waals surface area contributed by atoms with E-state index in [2.05, 4.69) is 4.98 Å². The number of benzene rings is 1. The lowest BCUT2D eigenvalue weighted by atomic mass is 10.1. The summed E-state index contributed by atoms with van der Waals surface area (Å²) in [6.07, 6.45) is 5.18. The smallest absolute Gasteiger partial charge is 0.232 e. The Morgan fingerprint density at radius 3 is 2.72 bits per heavy atom. The van der Waals surface area contributed by atoms with Gasteiger partial charge in [-0.05, 0) is 18.5 Å². The molecule has 0 unspecified atom stereocenters. The van der Waals surface area contributed by atoms with Crippen LogP contribution in [-0.4, -0.2) is 22.0 Å². The van der Waals surface area contributed by atoms with E-state index in [0.717, 1.165) is 12.1 Å². The van der Waals surface area contributed by atoms with Gasteiger partial charge in [0.2, 0.25) is 5.91 Å². The Bertz CT molecular complexity index is 505. The third-order valence-corrected chi connectivity index (χ3v) is 2.85. The fraction of sp³-hybridized carbons (Fsp3) is 0.286. The number of nitrogens with two attached hydrogens (primary N) is 1. The zero-order chi connectivity index (χ0) is 12.8. The number of hydrogen-bond acceptors (Lipinski definition) is 3. The Kier molecular flexibility index (Phi) is 4.25. The molecule has 0 atom stereocenters. The maximum absolute atomic E-state index is 12.1. The molecule has 0 aliphatic rings. The second-order valence-electron chi connectivity index (χ2n) is 4.17. The molecule has 2 aromatic rings. The molecule has 18 heavy (non-hydrogen) atoms. The summed E-state index contributed by atoms with van der Waals surface area (Å²) in [7, 11) is 0. The van der Waals surface area contributed by atoms with Crippen molar-refractivity contribution in [2.45, 2.75) is 19.3 Å². The highest BCUT2D eigenvalue weighted by molar-refractivity contribution is 5.79. The van der Waals surface area contributed by atoms with E-state index in [-0.39, 0.29) is 5.91 Å². The molecular weight excluding hydrogens is 226 g/mol. The minimum absolute atomic E-state index is 0.0693. The zero-order valence-electron chi connectivity index (χ0n) is 10.2. The quantitative estimate of drug-likeness (QED) is 0.868. The van der Waals surface area contributed by atoms with Crippen molar-refractivity contribution in [3.63, 3.8) is 0 Å². The van der Waals surface area contributed by atoms with Gasteiger partial charge >= 0.3 is 0 Å². The zero-order valence-corrected chi connectivity index (χ0v) is 10.2. The van der Waals surface area contributed by atoms with Crippen LogP contribution in [0.3, 0.4) is 0 Å². The van der Waals surface area contributed by atoms with Crippen molar-refractivity contribution in [1.82, 2.24) is 9.55 Å². The van der Waals surface area contributed by atoms with Crippen LogP contribution in [0.2, 0.25) is 0 Å². The monoisotopic (exact) mass is 243 g/mol. The van der Waals surface area contributed by atoms with E-state index in [9.17, 15) is 4.79 Å². The van der Waals surface area contributed by atoms with Crippen LogP contribution in [0.15, 0.2) is 42.9 Å². The summed E-state index contributed by atoms with van der Waals surface area (Å²) in [5, 5.41) is 0. The van der Waals surface area contributed by atoms with Crippen molar-refractivity contribution >= 4 is 5.91 Å². The maximum atomic E-state index is 12.1. The molecule has 1 heterocycles. The van der Waals surface area contributed by atoms with Crippen LogP contribution >= 0.6 is 0 Å².